The minimum Gasteiger partial charge on any atom is -0.316 e. The summed E-state index contributed by atoms with van der Waals surface area (Å²) in [6.07, 6.45) is 1.74. The summed E-state index contributed by atoms with van der Waals surface area (Å²) in [4.78, 5) is 12.8. The predicted octanol–water partition coefficient (Wildman–Crippen LogP) is 5.55. The number of aromatic nitrogens is 3. The number of hydrogen-bond acceptors (Lipinski definition) is 4. The van der Waals surface area contributed by atoms with Crippen LogP contribution in [0.4, 0.5) is 4.39 Å². The highest BCUT2D eigenvalue weighted by Gasteiger charge is 2.20. The van der Waals surface area contributed by atoms with E-state index in [1.165, 1.54) is 23.9 Å². The van der Waals surface area contributed by atoms with Gasteiger partial charge in [0.2, 0.25) is 0 Å². The molecule has 3 rings (SSSR count). The molecule has 0 saturated carbocycles. The van der Waals surface area contributed by atoms with Crippen molar-refractivity contribution >= 4 is 11.8 Å². The first-order chi connectivity index (χ1) is 13.1. The molecule has 0 aliphatic rings. The third-order valence-corrected chi connectivity index (χ3v) is 5.02. The number of imidazole rings is 1. The minimum atomic E-state index is -0.281. The standard InChI is InChI=1S/C19H19FN6S/c1-13(2)18-19(27-16-8-5-6-14(20)10-16)26(17(24-18)11-23-25-21)12-15-7-3-4-9-22-15/h3-10,13H,11-12H2,1-2H3. The van der Waals surface area contributed by atoms with Crippen molar-refractivity contribution in [2.45, 2.75) is 42.8 Å². The molecular formula is C19H19FN6S. The summed E-state index contributed by atoms with van der Waals surface area (Å²) < 4.78 is 15.6. The van der Waals surface area contributed by atoms with Crippen LogP contribution in [0.5, 0.6) is 0 Å². The highest BCUT2D eigenvalue weighted by Crippen LogP contribution is 2.35. The summed E-state index contributed by atoms with van der Waals surface area (Å²) in [6.45, 7) is 4.75. The van der Waals surface area contributed by atoms with Crippen LogP contribution in [0, 0.1) is 5.82 Å². The maximum Gasteiger partial charge on any atom is 0.124 e. The molecule has 0 aliphatic carbocycles. The molecule has 2 heterocycles. The predicted molar refractivity (Wildman–Crippen MR) is 103 cm³/mol. The molecule has 0 atom stereocenters. The van der Waals surface area contributed by atoms with Gasteiger partial charge in [-0.05, 0) is 41.8 Å². The molecule has 0 bridgehead atoms. The maximum absolute atomic E-state index is 13.6. The fourth-order valence-electron chi connectivity index (χ4n) is 2.66. The van der Waals surface area contributed by atoms with E-state index in [0.717, 1.165) is 21.3 Å². The molecule has 1 aromatic carbocycles. The number of halogens is 1. The van der Waals surface area contributed by atoms with E-state index in [-0.39, 0.29) is 18.3 Å². The van der Waals surface area contributed by atoms with Crippen molar-refractivity contribution in [1.29, 1.82) is 0 Å². The number of pyridine rings is 1. The molecule has 2 aromatic heterocycles. The molecule has 0 N–H and O–H groups in total. The first-order valence-corrected chi connectivity index (χ1v) is 9.33. The molecule has 0 radical (unpaired) electrons. The molecule has 0 saturated heterocycles. The zero-order valence-electron chi connectivity index (χ0n) is 15.1. The molecule has 0 amide bonds. The fourth-order valence-corrected chi connectivity index (χ4v) is 3.87. The molecular weight excluding hydrogens is 363 g/mol. The SMILES string of the molecule is CC(C)c1nc(CN=[N+]=[N-])n(Cc2ccccn2)c1Sc1cccc(F)c1. The number of hydrogen-bond donors (Lipinski definition) is 0. The summed E-state index contributed by atoms with van der Waals surface area (Å²) in [7, 11) is 0. The Morgan fingerprint density at radius 2 is 2.11 bits per heavy atom. The Morgan fingerprint density at radius 1 is 1.26 bits per heavy atom. The molecule has 0 spiro atoms. The van der Waals surface area contributed by atoms with E-state index in [0.29, 0.717) is 12.4 Å². The largest absolute Gasteiger partial charge is 0.316 e. The Bertz CT molecular complexity index is 964. The van der Waals surface area contributed by atoms with Gasteiger partial charge in [-0.1, -0.05) is 42.9 Å². The van der Waals surface area contributed by atoms with Gasteiger partial charge in [0.05, 0.1) is 24.5 Å². The summed E-state index contributed by atoms with van der Waals surface area (Å²) in [6, 6.07) is 12.2. The van der Waals surface area contributed by atoms with E-state index in [1.807, 2.05) is 28.8 Å². The van der Waals surface area contributed by atoms with Gasteiger partial charge in [0.1, 0.15) is 16.7 Å². The van der Waals surface area contributed by atoms with Crippen LogP contribution >= 0.6 is 11.8 Å². The molecule has 27 heavy (non-hydrogen) atoms. The number of nitrogens with zero attached hydrogens (tertiary/aromatic N) is 6. The zero-order chi connectivity index (χ0) is 19.2. The summed E-state index contributed by atoms with van der Waals surface area (Å²) in [5, 5.41) is 4.59. The average Bonchev–Trinajstić information content (AvgIpc) is 2.98. The van der Waals surface area contributed by atoms with E-state index in [2.05, 4.69) is 28.9 Å². The van der Waals surface area contributed by atoms with Gasteiger partial charge in [-0.3, -0.25) is 4.98 Å². The van der Waals surface area contributed by atoms with Crippen molar-refractivity contribution in [3.05, 3.63) is 82.1 Å². The quantitative estimate of drug-likeness (QED) is 0.305. The van der Waals surface area contributed by atoms with Crippen molar-refractivity contribution in [2.75, 3.05) is 0 Å². The topological polar surface area (TPSA) is 79.5 Å². The Kier molecular flexibility index (Phi) is 6.11. The minimum absolute atomic E-state index is 0.146. The smallest absolute Gasteiger partial charge is 0.124 e. The van der Waals surface area contributed by atoms with Gasteiger partial charge in [-0.2, -0.15) is 0 Å². The van der Waals surface area contributed by atoms with Crippen molar-refractivity contribution in [3.63, 3.8) is 0 Å². The normalized spacial score (nSPS) is 10.8. The number of azide groups is 1. The van der Waals surface area contributed by atoms with Crippen LogP contribution < -0.4 is 0 Å². The van der Waals surface area contributed by atoms with Crippen LogP contribution in [0.25, 0.3) is 10.4 Å². The second-order valence-corrected chi connectivity index (χ2v) is 7.29. The second kappa shape index (κ2) is 8.70. The molecule has 6 nitrogen and oxygen atoms in total. The number of benzene rings is 1. The van der Waals surface area contributed by atoms with Crippen LogP contribution in [0.2, 0.25) is 0 Å². The van der Waals surface area contributed by atoms with Gasteiger partial charge in [-0.15, -0.1) is 0 Å². The second-order valence-electron chi connectivity index (χ2n) is 6.23. The van der Waals surface area contributed by atoms with Crippen molar-refractivity contribution in [2.24, 2.45) is 5.11 Å². The molecule has 8 heteroatoms. The summed E-state index contributed by atoms with van der Waals surface area (Å²) in [5.74, 6) is 0.549. The fraction of sp³-hybridized carbons (Fsp3) is 0.263. The van der Waals surface area contributed by atoms with Crippen molar-refractivity contribution in [3.8, 4) is 0 Å². The lowest BCUT2D eigenvalue weighted by molar-refractivity contribution is 0.624. The highest BCUT2D eigenvalue weighted by atomic mass is 32.2. The lowest BCUT2D eigenvalue weighted by Gasteiger charge is -2.12. The van der Waals surface area contributed by atoms with Gasteiger partial charge >= 0.3 is 0 Å². The molecule has 0 aliphatic heterocycles. The Balaban J connectivity index is 2.09. The molecule has 0 fully saturated rings. The van der Waals surface area contributed by atoms with Crippen LogP contribution in [0.1, 0.15) is 37.0 Å². The van der Waals surface area contributed by atoms with Crippen LogP contribution in [-0.4, -0.2) is 14.5 Å². The van der Waals surface area contributed by atoms with E-state index >= 15 is 0 Å². The van der Waals surface area contributed by atoms with E-state index in [9.17, 15) is 4.39 Å². The van der Waals surface area contributed by atoms with Gasteiger partial charge in [0.15, 0.2) is 0 Å². The summed E-state index contributed by atoms with van der Waals surface area (Å²) >= 11 is 1.45. The number of rotatable bonds is 7. The molecule has 3 aromatic rings. The van der Waals surface area contributed by atoms with Gasteiger partial charge < -0.3 is 4.57 Å². The lowest BCUT2D eigenvalue weighted by Crippen LogP contribution is -2.07. The van der Waals surface area contributed by atoms with Gasteiger partial charge in [0.25, 0.3) is 0 Å². The third-order valence-electron chi connectivity index (χ3n) is 3.90. The Morgan fingerprint density at radius 3 is 2.78 bits per heavy atom. The van der Waals surface area contributed by atoms with Crippen LogP contribution in [0.3, 0.4) is 0 Å². The van der Waals surface area contributed by atoms with Gasteiger partial charge in [-0.25, -0.2) is 9.37 Å². The monoisotopic (exact) mass is 382 g/mol. The van der Waals surface area contributed by atoms with E-state index in [4.69, 9.17) is 10.5 Å². The average molecular weight is 382 g/mol. The summed E-state index contributed by atoms with van der Waals surface area (Å²) in [5.41, 5.74) is 10.5. The zero-order valence-corrected chi connectivity index (χ0v) is 15.9. The van der Waals surface area contributed by atoms with Crippen LogP contribution in [-0.2, 0) is 13.1 Å². The molecule has 138 valence electrons. The van der Waals surface area contributed by atoms with Crippen molar-refractivity contribution in [1.82, 2.24) is 14.5 Å². The highest BCUT2D eigenvalue weighted by molar-refractivity contribution is 7.99. The van der Waals surface area contributed by atoms with Crippen LogP contribution in [0.15, 0.2) is 63.7 Å². The first kappa shape index (κ1) is 18.9. The maximum atomic E-state index is 13.6. The Labute approximate surface area is 161 Å². The molecule has 0 unspecified atom stereocenters. The lowest BCUT2D eigenvalue weighted by atomic mass is 10.1. The third kappa shape index (κ3) is 4.67. The Hall–Kier alpha value is -2.83. The van der Waals surface area contributed by atoms with E-state index < -0.39 is 0 Å². The van der Waals surface area contributed by atoms with Crippen molar-refractivity contribution < 1.29 is 4.39 Å². The first-order valence-electron chi connectivity index (χ1n) is 8.52. The van der Waals surface area contributed by atoms with E-state index in [1.54, 1.807) is 12.3 Å². The van der Waals surface area contributed by atoms with Gasteiger partial charge in [0, 0.05) is 16.0 Å².